The summed E-state index contributed by atoms with van der Waals surface area (Å²) in [6.07, 6.45) is 2.57. The highest BCUT2D eigenvalue weighted by molar-refractivity contribution is 7.54. The van der Waals surface area contributed by atoms with Gasteiger partial charge in [0, 0.05) is 0 Å². The predicted molar refractivity (Wildman–Crippen MR) is 72.4 cm³/mol. The first-order chi connectivity index (χ1) is 8.39. The molecule has 0 aromatic rings. The van der Waals surface area contributed by atoms with Crippen LogP contribution in [0, 0.1) is 5.92 Å². The van der Waals surface area contributed by atoms with Gasteiger partial charge in [-0.05, 0) is 33.1 Å². The fourth-order valence-electron chi connectivity index (χ4n) is 1.62. The molecule has 0 aromatic heterocycles. The summed E-state index contributed by atoms with van der Waals surface area (Å²) in [5.41, 5.74) is 0. The summed E-state index contributed by atoms with van der Waals surface area (Å²) in [6, 6.07) is -0.450. The van der Waals surface area contributed by atoms with E-state index >= 15 is 0 Å². The average Bonchev–Trinajstić information content (AvgIpc) is 2.28. The van der Waals surface area contributed by atoms with Crippen LogP contribution in [0.2, 0.25) is 0 Å². The number of hydrogen-bond acceptors (Lipinski definition) is 5. The molecule has 0 rings (SSSR count). The van der Waals surface area contributed by atoms with Crippen LogP contribution in [0.1, 0.15) is 41.0 Å². The Hall–Kier alpha value is -0.220. The standard InChI is InChI=1S/C12H25NO4P/c1-6-16-18(15,17-7-2)11(5)13-12(9-14)8-10(3)4/h10-13H,6-8H2,1-5H3/t11?,12-/m0/s1. The molecule has 6 heteroatoms. The van der Waals surface area contributed by atoms with Gasteiger partial charge in [0.15, 0.2) is 0 Å². The number of carbonyl (C=O) groups excluding carboxylic acids is 1. The van der Waals surface area contributed by atoms with E-state index in [-0.39, 0.29) is 0 Å². The molecular formula is C12H25NO4P. The summed E-state index contributed by atoms with van der Waals surface area (Å²) in [5, 5.41) is 2.97. The van der Waals surface area contributed by atoms with Crippen LogP contribution in [0.25, 0.3) is 0 Å². The number of hydrogen-bond donors (Lipinski definition) is 1. The van der Waals surface area contributed by atoms with Gasteiger partial charge in [0.05, 0.1) is 19.3 Å². The molecule has 107 valence electrons. The molecule has 0 spiro atoms. The van der Waals surface area contributed by atoms with Gasteiger partial charge in [0.1, 0.15) is 5.78 Å². The van der Waals surface area contributed by atoms with Crippen molar-refractivity contribution in [2.24, 2.45) is 5.92 Å². The fourth-order valence-corrected chi connectivity index (χ4v) is 3.23. The Morgan fingerprint density at radius 1 is 1.17 bits per heavy atom. The van der Waals surface area contributed by atoms with Gasteiger partial charge < -0.3 is 9.05 Å². The minimum atomic E-state index is -3.21. The van der Waals surface area contributed by atoms with Crippen molar-refractivity contribution in [1.82, 2.24) is 5.32 Å². The Kier molecular flexibility index (Phi) is 8.70. The highest BCUT2D eigenvalue weighted by Crippen LogP contribution is 2.51. The van der Waals surface area contributed by atoms with Crippen molar-refractivity contribution >= 4 is 13.9 Å². The van der Waals surface area contributed by atoms with Gasteiger partial charge in [0.2, 0.25) is 6.29 Å². The van der Waals surface area contributed by atoms with Crippen molar-refractivity contribution in [3.8, 4) is 0 Å². The SMILES string of the molecule is CCOP(=O)(OCC)C(C)N[C@H]([C]=O)CC(C)C. The number of nitrogens with one attached hydrogen (secondary N) is 1. The normalized spacial score (nSPS) is 15.7. The van der Waals surface area contributed by atoms with Crippen LogP contribution in [-0.2, 0) is 18.4 Å². The average molecular weight is 278 g/mol. The molecule has 0 aliphatic carbocycles. The first kappa shape index (κ1) is 17.8. The molecule has 1 radical (unpaired) electrons. The van der Waals surface area contributed by atoms with Crippen LogP contribution in [-0.4, -0.2) is 31.3 Å². The van der Waals surface area contributed by atoms with E-state index in [0.717, 1.165) is 0 Å². The molecule has 0 bridgehead atoms. The predicted octanol–water partition coefficient (Wildman–Crippen LogP) is 2.71. The molecule has 0 aliphatic heterocycles. The molecule has 2 atom stereocenters. The third-order valence-corrected chi connectivity index (χ3v) is 4.72. The summed E-state index contributed by atoms with van der Waals surface area (Å²) in [4.78, 5) is 10.9. The van der Waals surface area contributed by atoms with Crippen LogP contribution >= 0.6 is 7.60 Å². The van der Waals surface area contributed by atoms with Gasteiger partial charge in [-0.2, -0.15) is 0 Å². The monoisotopic (exact) mass is 278 g/mol. The third-order valence-electron chi connectivity index (χ3n) is 2.38. The van der Waals surface area contributed by atoms with E-state index < -0.39 is 19.4 Å². The molecule has 0 aromatic carbocycles. The van der Waals surface area contributed by atoms with E-state index in [4.69, 9.17) is 9.05 Å². The molecule has 0 saturated carbocycles. The third kappa shape index (κ3) is 6.10. The zero-order valence-electron chi connectivity index (χ0n) is 11.9. The van der Waals surface area contributed by atoms with Gasteiger partial charge in [-0.15, -0.1) is 0 Å². The van der Waals surface area contributed by atoms with Crippen molar-refractivity contribution in [3.05, 3.63) is 0 Å². The summed E-state index contributed by atoms with van der Waals surface area (Å²) in [7, 11) is -3.21. The van der Waals surface area contributed by atoms with Crippen LogP contribution in [0.15, 0.2) is 0 Å². The van der Waals surface area contributed by atoms with Crippen molar-refractivity contribution in [2.45, 2.75) is 52.9 Å². The lowest BCUT2D eigenvalue weighted by atomic mass is 10.1. The Labute approximate surface area is 110 Å². The van der Waals surface area contributed by atoms with Crippen molar-refractivity contribution < 1.29 is 18.4 Å². The fraction of sp³-hybridized carbons (Fsp3) is 0.917. The van der Waals surface area contributed by atoms with Gasteiger partial charge in [-0.1, -0.05) is 13.8 Å². The molecule has 0 heterocycles. The molecule has 5 nitrogen and oxygen atoms in total. The highest BCUT2D eigenvalue weighted by Gasteiger charge is 2.33. The summed E-state index contributed by atoms with van der Waals surface area (Å²) in [5.74, 6) is -0.169. The molecule has 0 amide bonds. The lowest BCUT2D eigenvalue weighted by molar-refractivity contribution is 0.207. The zero-order chi connectivity index (χ0) is 14.2. The second-order valence-corrected chi connectivity index (χ2v) is 6.89. The van der Waals surface area contributed by atoms with Crippen molar-refractivity contribution in [3.63, 3.8) is 0 Å². The van der Waals surface area contributed by atoms with E-state index in [9.17, 15) is 9.36 Å². The lowest BCUT2D eigenvalue weighted by Crippen LogP contribution is -2.39. The molecule has 0 fully saturated rings. The highest BCUT2D eigenvalue weighted by atomic mass is 31.2. The van der Waals surface area contributed by atoms with Gasteiger partial charge in [0.25, 0.3) is 0 Å². The van der Waals surface area contributed by atoms with Crippen LogP contribution in [0.4, 0.5) is 0 Å². The first-order valence-corrected chi connectivity index (χ1v) is 8.03. The first-order valence-electron chi connectivity index (χ1n) is 6.42. The summed E-state index contributed by atoms with van der Waals surface area (Å²) >= 11 is 0. The molecular weight excluding hydrogens is 253 g/mol. The molecule has 1 unspecified atom stereocenters. The topological polar surface area (TPSA) is 64.6 Å². The van der Waals surface area contributed by atoms with Crippen molar-refractivity contribution in [1.29, 1.82) is 0 Å². The van der Waals surface area contributed by atoms with E-state index in [0.29, 0.717) is 25.6 Å². The Morgan fingerprint density at radius 3 is 2.00 bits per heavy atom. The van der Waals surface area contributed by atoms with Crippen molar-refractivity contribution in [2.75, 3.05) is 13.2 Å². The minimum absolute atomic E-state index is 0.308. The Morgan fingerprint density at radius 2 is 1.67 bits per heavy atom. The number of rotatable bonds is 10. The molecule has 0 aliphatic rings. The second kappa shape index (κ2) is 8.81. The van der Waals surface area contributed by atoms with E-state index in [1.54, 1.807) is 20.8 Å². The van der Waals surface area contributed by atoms with Crippen LogP contribution < -0.4 is 5.32 Å². The maximum Gasteiger partial charge on any atom is 0.347 e. The van der Waals surface area contributed by atoms with Gasteiger partial charge >= 0.3 is 7.60 Å². The lowest BCUT2D eigenvalue weighted by Gasteiger charge is -2.26. The molecule has 1 N–H and O–H groups in total. The molecule has 0 saturated heterocycles. The summed E-state index contributed by atoms with van der Waals surface area (Å²) in [6.45, 7) is 9.87. The van der Waals surface area contributed by atoms with Crippen LogP contribution in [0.3, 0.4) is 0 Å². The van der Waals surface area contributed by atoms with E-state index in [1.807, 2.05) is 20.1 Å². The van der Waals surface area contributed by atoms with E-state index in [1.165, 1.54) is 0 Å². The summed E-state index contributed by atoms with van der Waals surface area (Å²) < 4.78 is 22.9. The van der Waals surface area contributed by atoms with Gasteiger partial charge in [-0.25, -0.2) is 0 Å². The maximum absolute atomic E-state index is 12.4. The second-order valence-electron chi connectivity index (χ2n) is 4.52. The van der Waals surface area contributed by atoms with Gasteiger partial charge in [-0.3, -0.25) is 14.7 Å². The smallest absolute Gasteiger partial charge is 0.308 e. The molecule has 18 heavy (non-hydrogen) atoms. The minimum Gasteiger partial charge on any atom is -0.308 e. The Balaban J connectivity index is 4.61. The quantitative estimate of drug-likeness (QED) is 0.622. The largest absolute Gasteiger partial charge is 0.347 e. The maximum atomic E-state index is 12.4. The van der Waals surface area contributed by atoms with E-state index in [2.05, 4.69) is 5.32 Å². The zero-order valence-corrected chi connectivity index (χ0v) is 12.8. The Bertz CT molecular complexity index is 273. The van der Waals surface area contributed by atoms with Crippen LogP contribution in [0.5, 0.6) is 0 Å².